The molecule has 0 aliphatic heterocycles. The number of H-pyrrole nitrogens is 1. The second-order valence-corrected chi connectivity index (χ2v) is 2.66. The standard InChI is InChI=1S/C6H8BrN3O/c1-4(3-7)5-8-9-6(11)10(5)2/h3H,1-2H3,(H,9,11)/b4-3+. The lowest BCUT2D eigenvalue weighted by Crippen LogP contribution is -2.13. The van der Waals surface area contributed by atoms with E-state index in [-0.39, 0.29) is 5.69 Å². The smallest absolute Gasteiger partial charge is 0.279 e. The molecule has 1 aromatic rings. The number of nitrogens with one attached hydrogen (secondary N) is 1. The van der Waals surface area contributed by atoms with Crippen LogP contribution in [0.4, 0.5) is 0 Å². The highest BCUT2D eigenvalue weighted by Gasteiger charge is 2.03. The van der Waals surface area contributed by atoms with Crippen molar-refractivity contribution in [1.82, 2.24) is 14.8 Å². The van der Waals surface area contributed by atoms with Crippen LogP contribution in [-0.4, -0.2) is 14.8 Å². The van der Waals surface area contributed by atoms with E-state index < -0.39 is 0 Å². The Kier molecular flexibility index (Phi) is 2.28. The van der Waals surface area contributed by atoms with Crippen LogP contribution in [0.15, 0.2) is 9.78 Å². The third kappa shape index (κ3) is 1.42. The maximum Gasteiger partial charge on any atom is 0.343 e. The van der Waals surface area contributed by atoms with Gasteiger partial charge in [-0.25, -0.2) is 9.89 Å². The molecule has 0 saturated heterocycles. The second-order valence-electron chi connectivity index (χ2n) is 2.20. The molecule has 11 heavy (non-hydrogen) atoms. The van der Waals surface area contributed by atoms with Crippen LogP contribution < -0.4 is 5.69 Å². The Morgan fingerprint density at radius 2 is 2.45 bits per heavy atom. The molecular formula is C6H8BrN3O. The lowest BCUT2D eigenvalue weighted by atomic mass is 10.3. The summed E-state index contributed by atoms with van der Waals surface area (Å²) in [6.07, 6.45) is 0. The van der Waals surface area contributed by atoms with E-state index in [2.05, 4.69) is 26.1 Å². The fourth-order valence-corrected chi connectivity index (χ4v) is 0.953. The van der Waals surface area contributed by atoms with Gasteiger partial charge in [-0.2, -0.15) is 5.10 Å². The van der Waals surface area contributed by atoms with Crippen LogP contribution in [0.25, 0.3) is 5.57 Å². The molecule has 60 valence electrons. The molecule has 1 rings (SSSR count). The largest absolute Gasteiger partial charge is 0.343 e. The highest BCUT2D eigenvalue weighted by molar-refractivity contribution is 9.11. The van der Waals surface area contributed by atoms with Crippen LogP contribution >= 0.6 is 15.9 Å². The van der Waals surface area contributed by atoms with E-state index in [0.29, 0.717) is 5.82 Å². The molecule has 0 aromatic carbocycles. The third-order valence-electron chi connectivity index (χ3n) is 1.40. The third-order valence-corrected chi connectivity index (χ3v) is 2.08. The number of aromatic amines is 1. The fourth-order valence-electron chi connectivity index (χ4n) is 0.748. The predicted molar refractivity (Wildman–Crippen MR) is 46.4 cm³/mol. The molecule has 0 radical (unpaired) electrons. The van der Waals surface area contributed by atoms with Gasteiger partial charge in [-0.1, -0.05) is 15.9 Å². The monoisotopic (exact) mass is 217 g/mol. The molecule has 0 unspecified atom stereocenters. The highest BCUT2D eigenvalue weighted by Crippen LogP contribution is 2.08. The minimum absolute atomic E-state index is 0.200. The summed E-state index contributed by atoms with van der Waals surface area (Å²) in [6.45, 7) is 1.87. The SMILES string of the molecule is C/C(=C\Br)c1n[nH]c(=O)n1C. The molecule has 4 nitrogen and oxygen atoms in total. The van der Waals surface area contributed by atoms with Gasteiger partial charge in [0.05, 0.1) is 0 Å². The predicted octanol–water partition coefficient (Wildman–Crippen LogP) is 0.864. The van der Waals surface area contributed by atoms with Crippen molar-refractivity contribution in [2.75, 3.05) is 0 Å². The summed E-state index contributed by atoms with van der Waals surface area (Å²) in [5.41, 5.74) is 0.708. The van der Waals surface area contributed by atoms with Gasteiger partial charge in [-0.05, 0) is 11.9 Å². The Balaban J connectivity index is 3.26. The van der Waals surface area contributed by atoms with Gasteiger partial charge in [0.1, 0.15) is 0 Å². The maximum absolute atomic E-state index is 10.9. The Hall–Kier alpha value is -0.840. The summed E-state index contributed by atoms with van der Waals surface area (Å²) in [4.78, 5) is 12.6. The number of halogens is 1. The van der Waals surface area contributed by atoms with Gasteiger partial charge in [0.15, 0.2) is 5.82 Å². The molecular weight excluding hydrogens is 210 g/mol. The minimum atomic E-state index is -0.200. The van der Waals surface area contributed by atoms with Gasteiger partial charge in [-0.3, -0.25) is 4.57 Å². The number of rotatable bonds is 1. The summed E-state index contributed by atoms with van der Waals surface area (Å²) in [6, 6.07) is 0. The van der Waals surface area contributed by atoms with Crippen LogP contribution in [0.1, 0.15) is 12.7 Å². The molecule has 5 heteroatoms. The quantitative estimate of drug-likeness (QED) is 0.760. The van der Waals surface area contributed by atoms with Crippen molar-refractivity contribution < 1.29 is 0 Å². The molecule has 0 atom stereocenters. The summed E-state index contributed by atoms with van der Waals surface area (Å²) in [5, 5.41) is 6.16. The van der Waals surface area contributed by atoms with Crippen molar-refractivity contribution in [1.29, 1.82) is 0 Å². The van der Waals surface area contributed by atoms with Crippen molar-refractivity contribution >= 4 is 21.5 Å². The van der Waals surface area contributed by atoms with Crippen molar-refractivity contribution in [3.05, 3.63) is 21.3 Å². The molecule has 1 aromatic heterocycles. The molecule has 0 aliphatic rings. The van der Waals surface area contributed by atoms with E-state index in [4.69, 9.17) is 0 Å². The van der Waals surface area contributed by atoms with E-state index >= 15 is 0 Å². The van der Waals surface area contributed by atoms with Crippen LogP contribution in [0.3, 0.4) is 0 Å². The normalized spacial score (nSPS) is 12.1. The zero-order valence-corrected chi connectivity index (χ0v) is 7.84. The zero-order valence-electron chi connectivity index (χ0n) is 6.26. The Labute approximate surface area is 72.1 Å². The Morgan fingerprint density at radius 3 is 2.82 bits per heavy atom. The number of hydrogen-bond acceptors (Lipinski definition) is 2. The molecule has 1 N–H and O–H groups in total. The second kappa shape index (κ2) is 3.04. The summed E-state index contributed by atoms with van der Waals surface area (Å²) < 4.78 is 1.45. The molecule has 0 amide bonds. The highest BCUT2D eigenvalue weighted by atomic mass is 79.9. The van der Waals surface area contributed by atoms with Crippen molar-refractivity contribution in [2.45, 2.75) is 6.92 Å². The first-order chi connectivity index (χ1) is 5.16. The zero-order chi connectivity index (χ0) is 8.43. The van der Waals surface area contributed by atoms with Gasteiger partial charge < -0.3 is 0 Å². The molecule has 0 saturated carbocycles. The van der Waals surface area contributed by atoms with Crippen molar-refractivity contribution in [2.24, 2.45) is 7.05 Å². The van der Waals surface area contributed by atoms with Gasteiger partial charge >= 0.3 is 5.69 Å². The molecule has 0 spiro atoms. The average Bonchev–Trinajstić information content (AvgIpc) is 2.32. The molecule has 0 aliphatic carbocycles. The average molecular weight is 218 g/mol. The number of aromatic nitrogens is 3. The topological polar surface area (TPSA) is 50.7 Å². The molecule has 0 bridgehead atoms. The lowest BCUT2D eigenvalue weighted by molar-refractivity contribution is 0.847. The van der Waals surface area contributed by atoms with E-state index in [1.807, 2.05) is 6.92 Å². The van der Waals surface area contributed by atoms with Gasteiger partial charge in [0.25, 0.3) is 0 Å². The fraction of sp³-hybridized carbons (Fsp3) is 0.333. The lowest BCUT2D eigenvalue weighted by Gasteiger charge is -1.95. The first kappa shape index (κ1) is 8.26. The molecule has 0 fully saturated rings. The summed E-state index contributed by atoms with van der Waals surface area (Å²) in [5.74, 6) is 0.645. The van der Waals surface area contributed by atoms with Crippen molar-refractivity contribution in [3.8, 4) is 0 Å². The summed E-state index contributed by atoms with van der Waals surface area (Å²) in [7, 11) is 1.67. The first-order valence-electron chi connectivity index (χ1n) is 3.05. The van der Waals surface area contributed by atoms with Crippen LogP contribution in [-0.2, 0) is 7.05 Å². The Bertz CT molecular complexity index is 336. The molecule has 1 heterocycles. The number of allylic oxidation sites excluding steroid dienone is 1. The van der Waals surface area contributed by atoms with Crippen LogP contribution in [0.5, 0.6) is 0 Å². The van der Waals surface area contributed by atoms with Gasteiger partial charge in [0, 0.05) is 12.6 Å². The van der Waals surface area contributed by atoms with E-state index in [1.165, 1.54) is 4.57 Å². The van der Waals surface area contributed by atoms with E-state index in [0.717, 1.165) is 5.57 Å². The van der Waals surface area contributed by atoms with Gasteiger partial charge in [0.2, 0.25) is 0 Å². The van der Waals surface area contributed by atoms with E-state index in [1.54, 1.807) is 12.0 Å². The number of hydrogen-bond donors (Lipinski definition) is 1. The Morgan fingerprint density at radius 1 is 1.82 bits per heavy atom. The summed E-state index contributed by atoms with van der Waals surface area (Å²) >= 11 is 3.16. The minimum Gasteiger partial charge on any atom is -0.279 e. The first-order valence-corrected chi connectivity index (χ1v) is 3.97. The van der Waals surface area contributed by atoms with Gasteiger partial charge in [-0.15, -0.1) is 0 Å². The van der Waals surface area contributed by atoms with Crippen LogP contribution in [0, 0.1) is 0 Å². The van der Waals surface area contributed by atoms with Crippen LogP contribution in [0.2, 0.25) is 0 Å². The van der Waals surface area contributed by atoms with E-state index in [9.17, 15) is 4.79 Å². The number of nitrogens with zero attached hydrogens (tertiary/aromatic N) is 2. The maximum atomic E-state index is 10.9. The van der Waals surface area contributed by atoms with Crippen molar-refractivity contribution in [3.63, 3.8) is 0 Å².